The number of rotatable bonds is 7. The molecule has 0 aliphatic heterocycles. The summed E-state index contributed by atoms with van der Waals surface area (Å²) in [6.45, 7) is 3.89. The smallest absolute Gasteiger partial charge is 0.234 e. The molecule has 0 bridgehead atoms. The number of thioether (sulfide) groups is 1. The molecular formula is C18H20N2O3S. The van der Waals surface area contributed by atoms with Crippen LogP contribution in [0.15, 0.2) is 53.4 Å². The van der Waals surface area contributed by atoms with Crippen LogP contribution in [0, 0.1) is 0 Å². The fourth-order valence-electron chi connectivity index (χ4n) is 2.07. The van der Waals surface area contributed by atoms with Crippen LogP contribution in [0.4, 0.5) is 11.4 Å². The van der Waals surface area contributed by atoms with Crippen molar-refractivity contribution in [3.8, 4) is 5.75 Å². The Morgan fingerprint density at radius 3 is 2.38 bits per heavy atom. The molecule has 0 unspecified atom stereocenters. The molecule has 0 radical (unpaired) electrons. The summed E-state index contributed by atoms with van der Waals surface area (Å²) in [6, 6.07) is 14.7. The fourth-order valence-corrected chi connectivity index (χ4v) is 2.87. The van der Waals surface area contributed by atoms with Gasteiger partial charge >= 0.3 is 0 Å². The van der Waals surface area contributed by atoms with Crippen molar-refractivity contribution < 1.29 is 14.3 Å². The molecule has 0 aliphatic rings. The molecule has 0 saturated carbocycles. The highest BCUT2D eigenvalue weighted by atomic mass is 32.2. The highest BCUT2D eigenvalue weighted by molar-refractivity contribution is 8.00. The lowest BCUT2D eigenvalue weighted by Gasteiger charge is -2.12. The maximum absolute atomic E-state index is 12.2. The molecule has 0 saturated heterocycles. The summed E-state index contributed by atoms with van der Waals surface area (Å²) in [4.78, 5) is 24.3. The van der Waals surface area contributed by atoms with Crippen LogP contribution in [0.2, 0.25) is 0 Å². The quantitative estimate of drug-likeness (QED) is 0.750. The summed E-state index contributed by atoms with van der Waals surface area (Å²) in [5.74, 6) is 0.608. The minimum Gasteiger partial charge on any atom is -0.492 e. The number of carbonyl (C=O) groups is 2. The maximum atomic E-state index is 12.2. The topological polar surface area (TPSA) is 67.4 Å². The van der Waals surface area contributed by atoms with E-state index in [9.17, 15) is 9.59 Å². The van der Waals surface area contributed by atoms with Gasteiger partial charge in [0.05, 0.1) is 23.7 Å². The first-order chi connectivity index (χ1) is 11.6. The lowest BCUT2D eigenvalue weighted by molar-refractivity contribution is -0.114. The van der Waals surface area contributed by atoms with E-state index in [0.29, 0.717) is 23.7 Å². The summed E-state index contributed by atoms with van der Waals surface area (Å²) in [6.07, 6.45) is 0. The van der Waals surface area contributed by atoms with E-state index in [1.807, 2.05) is 49.4 Å². The summed E-state index contributed by atoms with van der Waals surface area (Å²) in [5.41, 5.74) is 1.36. The standard InChI is InChI=1S/C18H20N2O3S/c1-3-23-16-10-6-4-8-14(16)20-18(22)12-24-17-11-7-5-9-15(17)19-13(2)21/h4-11H,3,12H2,1-2H3,(H,19,21)(H,20,22). The Morgan fingerprint density at radius 2 is 1.67 bits per heavy atom. The van der Waals surface area contributed by atoms with E-state index in [4.69, 9.17) is 4.74 Å². The van der Waals surface area contributed by atoms with Crippen molar-refractivity contribution in [2.75, 3.05) is 23.0 Å². The van der Waals surface area contributed by atoms with E-state index >= 15 is 0 Å². The molecule has 24 heavy (non-hydrogen) atoms. The zero-order valence-electron chi connectivity index (χ0n) is 13.7. The number of benzene rings is 2. The van der Waals surface area contributed by atoms with Crippen molar-refractivity contribution in [2.45, 2.75) is 18.7 Å². The van der Waals surface area contributed by atoms with Gasteiger partial charge in [-0.25, -0.2) is 0 Å². The van der Waals surface area contributed by atoms with Gasteiger partial charge in [-0.3, -0.25) is 9.59 Å². The normalized spacial score (nSPS) is 10.1. The molecular weight excluding hydrogens is 324 g/mol. The summed E-state index contributed by atoms with van der Waals surface area (Å²) < 4.78 is 5.49. The Kier molecular flexibility index (Phi) is 6.69. The number of para-hydroxylation sites is 3. The molecule has 0 spiro atoms. The molecule has 5 nitrogen and oxygen atoms in total. The molecule has 2 aromatic rings. The number of anilines is 2. The molecule has 126 valence electrons. The zero-order chi connectivity index (χ0) is 17.4. The Hall–Kier alpha value is -2.47. The second-order valence-corrected chi connectivity index (χ2v) is 5.96. The van der Waals surface area contributed by atoms with Gasteiger partial charge in [-0.15, -0.1) is 11.8 Å². The molecule has 0 atom stereocenters. The third-order valence-electron chi connectivity index (χ3n) is 3.02. The van der Waals surface area contributed by atoms with Gasteiger partial charge in [-0.1, -0.05) is 24.3 Å². The Labute approximate surface area is 145 Å². The van der Waals surface area contributed by atoms with Crippen LogP contribution in [0.25, 0.3) is 0 Å². The average Bonchev–Trinajstić information content (AvgIpc) is 2.55. The third kappa shape index (κ3) is 5.31. The van der Waals surface area contributed by atoms with Crippen LogP contribution in [-0.2, 0) is 9.59 Å². The molecule has 0 fully saturated rings. The largest absolute Gasteiger partial charge is 0.492 e. The van der Waals surface area contributed by atoms with E-state index in [2.05, 4.69) is 10.6 Å². The first-order valence-corrected chi connectivity index (χ1v) is 8.59. The first kappa shape index (κ1) is 17.9. The Bertz CT molecular complexity index is 719. The SMILES string of the molecule is CCOc1ccccc1NC(=O)CSc1ccccc1NC(C)=O. The minimum absolute atomic E-state index is 0.134. The van der Waals surface area contributed by atoms with Gasteiger partial charge < -0.3 is 15.4 Å². The van der Waals surface area contributed by atoms with Gasteiger partial charge in [0.2, 0.25) is 11.8 Å². The van der Waals surface area contributed by atoms with Crippen molar-refractivity contribution in [1.82, 2.24) is 0 Å². The molecule has 2 amide bonds. The monoisotopic (exact) mass is 344 g/mol. The number of hydrogen-bond acceptors (Lipinski definition) is 4. The van der Waals surface area contributed by atoms with Gasteiger partial charge in [-0.05, 0) is 31.2 Å². The number of amides is 2. The predicted molar refractivity (Wildman–Crippen MR) is 97.7 cm³/mol. The molecule has 2 aromatic carbocycles. The van der Waals surface area contributed by atoms with E-state index in [1.165, 1.54) is 18.7 Å². The van der Waals surface area contributed by atoms with Crippen molar-refractivity contribution in [2.24, 2.45) is 0 Å². The summed E-state index contributed by atoms with van der Waals surface area (Å²) in [5, 5.41) is 5.61. The number of carbonyl (C=O) groups excluding carboxylic acids is 2. The van der Waals surface area contributed by atoms with Crippen LogP contribution >= 0.6 is 11.8 Å². The summed E-state index contributed by atoms with van der Waals surface area (Å²) >= 11 is 1.37. The average molecular weight is 344 g/mol. The lowest BCUT2D eigenvalue weighted by Crippen LogP contribution is -2.15. The van der Waals surface area contributed by atoms with E-state index in [0.717, 1.165) is 4.90 Å². The molecule has 6 heteroatoms. The predicted octanol–water partition coefficient (Wildman–Crippen LogP) is 3.77. The van der Waals surface area contributed by atoms with Crippen molar-refractivity contribution in [3.05, 3.63) is 48.5 Å². The molecule has 0 heterocycles. The molecule has 0 aliphatic carbocycles. The van der Waals surface area contributed by atoms with Crippen LogP contribution in [0.5, 0.6) is 5.75 Å². The number of hydrogen-bond donors (Lipinski definition) is 2. The molecule has 0 aromatic heterocycles. The second kappa shape index (κ2) is 8.98. The Balaban J connectivity index is 1.98. The van der Waals surface area contributed by atoms with E-state index in [1.54, 1.807) is 6.07 Å². The number of ether oxygens (including phenoxy) is 1. The van der Waals surface area contributed by atoms with Crippen LogP contribution < -0.4 is 15.4 Å². The van der Waals surface area contributed by atoms with Crippen molar-refractivity contribution in [3.63, 3.8) is 0 Å². The second-order valence-electron chi connectivity index (χ2n) is 4.94. The van der Waals surface area contributed by atoms with Crippen LogP contribution in [-0.4, -0.2) is 24.2 Å². The van der Waals surface area contributed by atoms with Gasteiger partial charge in [0.15, 0.2) is 0 Å². The van der Waals surface area contributed by atoms with Crippen molar-refractivity contribution in [1.29, 1.82) is 0 Å². The number of nitrogens with one attached hydrogen (secondary N) is 2. The highest BCUT2D eigenvalue weighted by Gasteiger charge is 2.10. The minimum atomic E-state index is -0.141. The molecule has 2 N–H and O–H groups in total. The van der Waals surface area contributed by atoms with Crippen LogP contribution in [0.1, 0.15) is 13.8 Å². The van der Waals surface area contributed by atoms with Gasteiger partial charge in [0.1, 0.15) is 5.75 Å². The van der Waals surface area contributed by atoms with Gasteiger partial charge in [0, 0.05) is 11.8 Å². The fraction of sp³-hybridized carbons (Fsp3) is 0.222. The lowest BCUT2D eigenvalue weighted by atomic mass is 10.3. The van der Waals surface area contributed by atoms with Crippen molar-refractivity contribution >= 4 is 35.0 Å². The van der Waals surface area contributed by atoms with Gasteiger partial charge in [-0.2, -0.15) is 0 Å². The maximum Gasteiger partial charge on any atom is 0.234 e. The zero-order valence-corrected chi connectivity index (χ0v) is 14.5. The third-order valence-corrected chi connectivity index (χ3v) is 4.09. The summed E-state index contributed by atoms with van der Waals surface area (Å²) in [7, 11) is 0. The molecule has 2 rings (SSSR count). The van der Waals surface area contributed by atoms with E-state index in [-0.39, 0.29) is 17.6 Å². The van der Waals surface area contributed by atoms with Gasteiger partial charge in [0.25, 0.3) is 0 Å². The van der Waals surface area contributed by atoms with Crippen LogP contribution in [0.3, 0.4) is 0 Å². The highest BCUT2D eigenvalue weighted by Crippen LogP contribution is 2.28. The van der Waals surface area contributed by atoms with E-state index < -0.39 is 0 Å². The Morgan fingerprint density at radius 1 is 1.00 bits per heavy atom. The first-order valence-electron chi connectivity index (χ1n) is 7.61.